The van der Waals surface area contributed by atoms with E-state index >= 15 is 0 Å². The van der Waals surface area contributed by atoms with E-state index in [1.54, 1.807) is 0 Å². The molecule has 26 heavy (non-hydrogen) atoms. The summed E-state index contributed by atoms with van der Waals surface area (Å²) in [6.07, 6.45) is 5.51. The van der Waals surface area contributed by atoms with Gasteiger partial charge in [-0.1, -0.05) is 60.3 Å². The first-order valence-electron chi connectivity index (χ1n) is 9.67. The Kier molecular flexibility index (Phi) is 5.85. The van der Waals surface area contributed by atoms with Crippen LogP contribution in [0.2, 0.25) is 10.0 Å². The van der Waals surface area contributed by atoms with Crippen LogP contribution in [0, 0.1) is 0 Å². The number of benzene rings is 2. The van der Waals surface area contributed by atoms with E-state index in [0.29, 0.717) is 6.04 Å². The van der Waals surface area contributed by atoms with Gasteiger partial charge in [0.05, 0.1) is 0 Å². The molecule has 4 heteroatoms. The molecule has 1 atom stereocenters. The summed E-state index contributed by atoms with van der Waals surface area (Å²) in [6, 6.07) is 17.9. The van der Waals surface area contributed by atoms with Gasteiger partial charge in [0, 0.05) is 48.3 Å². The van der Waals surface area contributed by atoms with Gasteiger partial charge in [-0.25, -0.2) is 0 Å². The molecule has 138 valence electrons. The fourth-order valence-corrected chi connectivity index (χ4v) is 4.71. The largest absolute Gasteiger partial charge is 0.297 e. The molecule has 1 saturated heterocycles. The minimum atomic E-state index is 0.414. The molecule has 1 aliphatic heterocycles. The molecule has 0 N–H and O–H groups in total. The summed E-state index contributed by atoms with van der Waals surface area (Å²) in [5.74, 6) is 0. The van der Waals surface area contributed by atoms with E-state index in [1.807, 2.05) is 24.3 Å². The van der Waals surface area contributed by atoms with Crippen molar-refractivity contribution in [2.24, 2.45) is 0 Å². The third-order valence-corrected chi connectivity index (χ3v) is 6.42. The zero-order valence-electron chi connectivity index (χ0n) is 15.1. The number of hydrogen-bond donors (Lipinski definition) is 0. The van der Waals surface area contributed by atoms with E-state index in [2.05, 4.69) is 34.1 Å². The van der Waals surface area contributed by atoms with Gasteiger partial charge in [0.1, 0.15) is 0 Å². The third-order valence-electron chi connectivity index (χ3n) is 5.92. The second-order valence-electron chi connectivity index (χ2n) is 7.60. The van der Waals surface area contributed by atoms with E-state index in [1.165, 1.54) is 43.4 Å². The molecule has 1 heterocycles. The molecule has 2 aliphatic rings. The van der Waals surface area contributed by atoms with Crippen LogP contribution in [0.3, 0.4) is 0 Å². The van der Waals surface area contributed by atoms with Crippen molar-refractivity contribution in [1.82, 2.24) is 9.80 Å². The second kappa shape index (κ2) is 8.31. The summed E-state index contributed by atoms with van der Waals surface area (Å²) >= 11 is 12.2. The monoisotopic (exact) mass is 388 g/mol. The summed E-state index contributed by atoms with van der Waals surface area (Å²) in [5, 5.41) is 1.61. The molecule has 4 rings (SSSR count). The highest BCUT2D eigenvalue weighted by Crippen LogP contribution is 2.32. The average Bonchev–Trinajstić information content (AvgIpc) is 3.19. The van der Waals surface area contributed by atoms with E-state index < -0.39 is 0 Å². The lowest BCUT2D eigenvalue weighted by atomic mass is 9.99. The van der Waals surface area contributed by atoms with Crippen LogP contribution in [0.1, 0.15) is 42.9 Å². The zero-order chi connectivity index (χ0) is 17.9. The number of nitrogens with zero attached hydrogens (tertiary/aromatic N) is 2. The molecule has 0 spiro atoms. The number of halogens is 2. The average molecular weight is 389 g/mol. The minimum absolute atomic E-state index is 0.414. The molecule has 2 aromatic carbocycles. The number of rotatable bonds is 4. The maximum absolute atomic E-state index is 6.13. The fourth-order valence-electron chi connectivity index (χ4n) is 4.46. The summed E-state index contributed by atoms with van der Waals surface area (Å²) in [7, 11) is 0. The Hall–Kier alpha value is -1.06. The Morgan fingerprint density at radius 3 is 2.08 bits per heavy atom. The van der Waals surface area contributed by atoms with Crippen LogP contribution in [-0.4, -0.2) is 35.5 Å². The molecular weight excluding hydrogens is 363 g/mol. The van der Waals surface area contributed by atoms with Crippen molar-refractivity contribution in [3.8, 4) is 0 Å². The fraction of sp³-hybridized carbons (Fsp3) is 0.455. The quantitative estimate of drug-likeness (QED) is 0.653. The zero-order valence-corrected chi connectivity index (χ0v) is 16.6. The van der Waals surface area contributed by atoms with E-state index in [4.69, 9.17) is 23.2 Å². The smallest absolute Gasteiger partial charge is 0.0479 e. The Morgan fingerprint density at radius 2 is 1.42 bits per heavy atom. The summed E-state index contributed by atoms with van der Waals surface area (Å²) in [6.45, 7) is 4.34. The highest BCUT2D eigenvalue weighted by atomic mass is 35.5. The van der Waals surface area contributed by atoms with E-state index in [9.17, 15) is 0 Å². The SMILES string of the molecule is Clc1ccc(CN2CCN(C3CCCC3)CC2c2ccc(Cl)cc2)cc1. The molecule has 1 aliphatic carbocycles. The van der Waals surface area contributed by atoms with Gasteiger partial charge in [0.15, 0.2) is 0 Å². The van der Waals surface area contributed by atoms with Crippen LogP contribution < -0.4 is 0 Å². The summed E-state index contributed by atoms with van der Waals surface area (Å²) in [5.41, 5.74) is 2.69. The van der Waals surface area contributed by atoms with Crippen LogP contribution in [0.15, 0.2) is 48.5 Å². The predicted octanol–water partition coefficient (Wildman–Crippen LogP) is 5.79. The van der Waals surface area contributed by atoms with E-state index in [-0.39, 0.29) is 0 Å². The summed E-state index contributed by atoms with van der Waals surface area (Å²) in [4.78, 5) is 5.34. The van der Waals surface area contributed by atoms with Gasteiger partial charge in [-0.2, -0.15) is 0 Å². The molecule has 2 nitrogen and oxygen atoms in total. The van der Waals surface area contributed by atoms with Crippen LogP contribution in [0.5, 0.6) is 0 Å². The van der Waals surface area contributed by atoms with Gasteiger partial charge in [0.2, 0.25) is 0 Å². The van der Waals surface area contributed by atoms with Gasteiger partial charge in [-0.15, -0.1) is 0 Å². The van der Waals surface area contributed by atoms with Crippen molar-refractivity contribution in [3.05, 3.63) is 69.7 Å². The topological polar surface area (TPSA) is 6.48 Å². The van der Waals surface area contributed by atoms with Gasteiger partial charge in [0.25, 0.3) is 0 Å². The maximum atomic E-state index is 6.13. The molecule has 0 bridgehead atoms. The Labute approximate surface area is 166 Å². The van der Waals surface area contributed by atoms with Crippen molar-refractivity contribution in [2.75, 3.05) is 19.6 Å². The Morgan fingerprint density at radius 1 is 0.808 bits per heavy atom. The van der Waals surface area contributed by atoms with Gasteiger partial charge >= 0.3 is 0 Å². The van der Waals surface area contributed by atoms with Crippen LogP contribution in [0.25, 0.3) is 0 Å². The molecule has 1 unspecified atom stereocenters. The van der Waals surface area contributed by atoms with Crippen molar-refractivity contribution in [2.45, 2.75) is 44.3 Å². The lowest BCUT2D eigenvalue weighted by molar-refractivity contribution is 0.0434. The van der Waals surface area contributed by atoms with Crippen molar-refractivity contribution >= 4 is 23.2 Å². The standard InChI is InChI=1S/C22H26Cl2N2/c23-19-9-5-17(6-10-19)15-26-14-13-25(21-3-1-2-4-21)16-22(26)18-7-11-20(24)12-8-18/h5-12,21-22H,1-4,13-16H2. The molecule has 0 aromatic heterocycles. The Balaban J connectivity index is 1.54. The van der Waals surface area contributed by atoms with Gasteiger partial charge in [-0.05, 0) is 48.2 Å². The van der Waals surface area contributed by atoms with Crippen molar-refractivity contribution < 1.29 is 0 Å². The maximum Gasteiger partial charge on any atom is 0.0479 e. The van der Waals surface area contributed by atoms with Gasteiger partial charge < -0.3 is 0 Å². The number of piperazine rings is 1. The first kappa shape index (κ1) is 18.3. The molecule has 2 fully saturated rings. The lowest BCUT2D eigenvalue weighted by Crippen LogP contribution is -2.50. The normalized spacial score (nSPS) is 22.8. The highest BCUT2D eigenvalue weighted by molar-refractivity contribution is 6.30. The van der Waals surface area contributed by atoms with Crippen LogP contribution >= 0.6 is 23.2 Å². The Bertz CT molecular complexity index is 708. The van der Waals surface area contributed by atoms with Crippen molar-refractivity contribution in [3.63, 3.8) is 0 Å². The van der Waals surface area contributed by atoms with Crippen LogP contribution in [-0.2, 0) is 6.54 Å². The predicted molar refractivity (Wildman–Crippen MR) is 110 cm³/mol. The molecule has 0 amide bonds. The van der Waals surface area contributed by atoms with Gasteiger partial charge in [-0.3, -0.25) is 9.80 Å². The minimum Gasteiger partial charge on any atom is -0.297 e. The first-order valence-corrected chi connectivity index (χ1v) is 10.4. The summed E-state index contributed by atoms with van der Waals surface area (Å²) < 4.78 is 0. The van der Waals surface area contributed by atoms with Crippen LogP contribution in [0.4, 0.5) is 0 Å². The first-order chi connectivity index (χ1) is 12.7. The molecular formula is C22H26Cl2N2. The molecule has 1 saturated carbocycles. The number of hydrogen-bond acceptors (Lipinski definition) is 2. The molecule has 2 aromatic rings. The van der Waals surface area contributed by atoms with E-state index in [0.717, 1.165) is 35.7 Å². The lowest BCUT2D eigenvalue weighted by Gasteiger charge is -2.44. The second-order valence-corrected chi connectivity index (χ2v) is 8.47. The van der Waals surface area contributed by atoms with Crippen molar-refractivity contribution in [1.29, 1.82) is 0 Å². The highest BCUT2D eigenvalue weighted by Gasteiger charge is 2.32. The third kappa shape index (κ3) is 4.26. The molecule has 0 radical (unpaired) electrons.